The lowest BCUT2D eigenvalue weighted by Crippen LogP contribution is -2.10. The number of carbonyl (C=O) groups is 2. The molecule has 6 aromatic carbocycles. The van der Waals surface area contributed by atoms with E-state index in [1.807, 2.05) is 182 Å². The third kappa shape index (κ3) is 11.7. The van der Waals surface area contributed by atoms with Crippen molar-refractivity contribution in [1.29, 1.82) is 10.5 Å². The number of carbonyl (C=O) groups excluding carboxylic acids is 2. The minimum Gasteiger partial charge on any atom is -0.462 e. The number of nitrogens with zero attached hydrogens (tertiary/aromatic N) is 4. The number of nitriles is 2. The van der Waals surface area contributed by atoms with Crippen LogP contribution in [-0.2, 0) is 19.1 Å². The van der Waals surface area contributed by atoms with Gasteiger partial charge in [-0.15, -0.1) is 0 Å². The molecule has 0 aliphatic rings. The molecule has 59 heavy (non-hydrogen) atoms. The van der Waals surface area contributed by atoms with E-state index in [1.54, 1.807) is 0 Å². The van der Waals surface area contributed by atoms with Gasteiger partial charge in [0.05, 0.1) is 13.2 Å². The summed E-state index contributed by atoms with van der Waals surface area (Å²) in [6.07, 6.45) is 6.82. The Hall–Kier alpha value is -7.68. The SMILES string of the molecule is N#C/C(=C\c1ccc(N(c2ccccc2)c2ccccc2)cc1)C(=O)OCCCCCCCOC(=O)/C(C#N)=C/c1ccc(N(c2ccccc2)c2ccccc2)cc1. The van der Waals surface area contributed by atoms with Crippen LogP contribution in [0.2, 0.25) is 0 Å². The van der Waals surface area contributed by atoms with Crippen molar-refractivity contribution in [3.63, 3.8) is 0 Å². The first kappa shape index (κ1) is 41.0. The molecule has 6 aromatic rings. The van der Waals surface area contributed by atoms with Gasteiger partial charge in [-0.05, 0) is 109 Å². The molecule has 0 aliphatic carbocycles. The maximum Gasteiger partial charge on any atom is 0.348 e. The Morgan fingerprint density at radius 1 is 0.407 bits per heavy atom. The highest BCUT2D eigenvalue weighted by molar-refractivity contribution is 5.98. The van der Waals surface area contributed by atoms with Crippen LogP contribution in [0, 0.1) is 22.7 Å². The van der Waals surface area contributed by atoms with Crippen molar-refractivity contribution < 1.29 is 19.1 Å². The Morgan fingerprint density at radius 3 is 0.966 bits per heavy atom. The first-order valence-electron chi connectivity index (χ1n) is 19.6. The molecule has 0 aromatic heterocycles. The molecule has 0 atom stereocenters. The molecule has 0 fully saturated rings. The van der Waals surface area contributed by atoms with Gasteiger partial charge in [-0.2, -0.15) is 10.5 Å². The van der Waals surface area contributed by atoms with Crippen LogP contribution in [0.4, 0.5) is 34.1 Å². The van der Waals surface area contributed by atoms with Crippen LogP contribution < -0.4 is 9.80 Å². The molecule has 292 valence electrons. The second kappa shape index (κ2) is 21.6. The highest BCUT2D eigenvalue weighted by Crippen LogP contribution is 2.35. The van der Waals surface area contributed by atoms with Crippen LogP contribution in [0.25, 0.3) is 12.2 Å². The van der Waals surface area contributed by atoms with Crippen LogP contribution in [0.5, 0.6) is 0 Å². The normalized spacial score (nSPS) is 11.2. The van der Waals surface area contributed by atoms with E-state index in [4.69, 9.17) is 9.47 Å². The van der Waals surface area contributed by atoms with E-state index in [-0.39, 0.29) is 24.4 Å². The van der Waals surface area contributed by atoms with Gasteiger partial charge in [-0.1, -0.05) is 116 Å². The standard InChI is InChI=1S/C51H44N4O4/c52-38-42(36-40-26-30-48(31-27-40)54(44-18-8-4-9-19-44)45-20-10-5-11-21-45)50(56)58-34-16-2-1-3-17-35-59-51(57)43(39-53)37-41-28-32-49(33-29-41)55(46-22-12-6-13-23-46)47-24-14-7-15-25-47/h4-15,18-33,36-37H,1-3,16-17,34-35H2/b42-36+,43-37+. The van der Waals surface area contributed by atoms with Gasteiger partial charge >= 0.3 is 11.9 Å². The summed E-state index contributed by atoms with van der Waals surface area (Å²) in [4.78, 5) is 29.7. The number of para-hydroxylation sites is 4. The fourth-order valence-corrected chi connectivity index (χ4v) is 6.47. The molecular weight excluding hydrogens is 733 g/mol. The molecular formula is C51H44N4O4. The molecule has 6 rings (SSSR count). The lowest BCUT2D eigenvalue weighted by atomic mass is 10.1. The van der Waals surface area contributed by atoms with Gasteiger partial charge in [0.25, 0.3) is 0 Å². The largest absolute Gasteiger partial charge is 0.462 e. The summed E-state index contributed by atoms with van der Waals surface area (Å²) < 4.78 is 10.8. The Kier molecular flexibility index (Phi) is 15.0. The molecule has 0 saturated heterocycles. The van der Waals surface area contributed by atoms with E-state index < -0.39 is 11.9 Å². The number of hydrogen-bond acceptors (Lipinski definition) is 8. The Bertz CT molecular complexity index is 2150. The zero-order valence-corrected chi connectivity index (χ0v) is 32.7. The number of ether oxygens (including phenoxy) is 2. The fraction of sp³-hybridized carbons (Fsp3) is 0.137. The van der Waals surface area contributed by atoms with Gasteiger partial charge in [0, 0.05) is 34.1 Å². The molecule has 0 unspecified atom stereocenters. The average Bonchev–Trinajstić information content (AvgIpc) is 3.29. The quantitative estimate of drug-likeness (QED) is 0.0367. The van der Waals surface area contributed by atoms with Crippen LogP contribution in [-0.4, -0.2) is 25.2 Å². The van der Waals surface area contributed by atoms with Crippen LogP contribution in [0.1, 0.15) is 43.2 Å². The maximum atomic E-state index is 12.7. The average molecular weight is 777 g/mol. The molecule has 0 radical (unpaired) electrons. The number of benzene rings is 6. The number of rotatable bonds is 18. The predicted molar refractivity (Wildman–Crippen MR) is 234 cm³/mol. The second-order valence-electron chi connectivity index (χ2n) is 13.6. The molecule has 0 spiro atoms. The van der Waals surface area contributed by atoms with E-state index >= 15 is 0 Å². The lowest BCUT2D eigenvalue weighted by molar-refractivity contribution is -0.139. The minimum absolute atomic E-state index is 0.0666. The fourth-order valence-electron chi connectivity index (χ4n) is 6.47. The molecule has 8 heteroatoms. The third-order valence-corrected chi connectivity index (χ3v) is 9.42. The zero-order valence-electron chi connectivity index (χ0n) is 32.7. The summed E-state index contributed by atoms with van der Waals surface area (Å²) in [5, 5.41) is 19.4. The van der Waals surface area contributed by atoms with Gasteiger partial charge in [0.1, 0.15) is 23.3 Å². The molecule has 0 aliphatic heterocycles. The van der Waals surface area contributed by atoms with Crippen molar-refractivity contribution in [2.24, 2.45) is 0 Å². The summed E-state index contributed by atoms with van der Waals surface area (Å²) in [5.41, 5.74) is 7.22. The molecule has 8 nitrogen and oxygen atoms in total. The molecule has 0 saturated carbocycles. The zero-order chi connectivity index (χ0) is 41.1. The Balaban J connectivity index is 0.909. The number of hydrogen-bond donors (Lipinski definition) is 0. The van der Waals surface area contributed by atoms with E-state index in [2.05, 4.69) is 9.80 Å². The van der Waals surface area contributed by atoms with Crippen LogP contribution in [0.15, 0.2) is 181 Å². The van der Waals surface area contributed by atoms with Gasteiger partial charge in [-0.3, -0.25) is 0 Å². The van der Waals surface area contributed by atoms with Crippen LogP contribution >= 0.6 is 0 Å². The van der Waals surface area contributed by atoms with Crippen molar-refractivity contribution in [3.8, 4) is 12.1 Å². The lowest BCUT2D eigenvalue weighted by Gasteiger charge is -2.25. The van der Waals surface area contributed by atoms with Crippen molar-refractivity contribution in [3.05, 3.63) is 192 Å². The minimum atomic E-state index is -0.655. The molecule has 0 bridgehead atoms. The summed E-state index contributed by atoms with van der Waals surface area (Å²) in [5.74, 6) is -1.31. The first-order valence-corrected chi connectivity index (χ1v) is 19.6. The Morgan fingerprint density at radius 2 is 0.678 bits per heavy atom. The van der Waals surface area contributed by atoms with E-state index in [0.29, 0.717) is 24.0 Å². The summed E-state index contributed by atoms with van der Waals surface area (Å²) >= 11 is 0. The molecule has 0 N–H and O–H groups in total. The summed E-state index contributed by atoms with van der Waals surface area (Å²) in [6.45, 7) is 0.394. The van der Waals surface area contributed by atoms with Gasteiger partial charge < -0.3 is 19.3 Å². The predicted octanol–water partition coefficient (Wildman–Crippen LogP) is 12.2. The maximum absolute atomic E-state index is 12.7. The van der Waals surface area contributed by atoms with Crippen molar-refractivity contribution >= 4 is 58.2 Å². The monoisotopic (exact) mass is 776 g/mol. The highest BCUT2D eigenvalue weighted by Gasteiger charge is 2.15. The summed E-state index contributed by atoms with van der Waals surface area (Å²) in [7, 11) is 0. The smallest absolute Gasteiger partial charge is 0.348 e. The van der Waals surface area contributed by atoms with Gasteiger partial charge in [-0.25, -0.2) is 9.59 Å². The molecule has 0 heterocycles. The summed E-state index contributed by atoms with van der Waals surface area (Å²) in [6, 6.07) is 59.5. The first-order chi connectivity index (χ1) is 29.0. The number of esters is 2. The Labute approximate surface area is 346 Å². The van der Waals surface area contributed by atoms with E-state index in [9.17, 15) is 20.1 Å². The highest BCUT2D eigenvalue weighted by atomic mass is 16.5. The number of anilines is 6. The number of unbranched alkanes of at least 4 members (excludes halogenated alkanes) is 4. The van der Waals surface area contributed by atoms with E-state index in [1.165, 1.54) is 12.2 Å². The van der Waals surface area contributed by atoms with Gasteiger partial charge in [0.2, 0.25) is 0 Å². The topological polar surface area (TPSA) is 107 Å². The second-order valence-corrected chi connectivity index (χ2v) is 13.6. The van der Waals surface area contributed by atoms with Crippen LogP contribution in [0.3, 0.4) is 0 Å². The third-order valence-electron chi connectivity index (χ3n) is 9.42. The van der Waals surface area contributed by atoms with Crippen molar-refractivity contribution in [2.45, 2.75) is 32.1 Å². The van der Waals surface area contributed by atoms with Crippen molar-refractivity contribution in [2.75, 3.05) is 23.0 Å². The molecule has 0 amide bonds. The van der Waals surface area contributed by atoms with Crippen molar-refractivity contribution in [1.82, 2.24) is 0 Å². The van der Waals surface area contributed by atoms with E-state index in [0.717, 1.165) is 53.4 Å². The van der Waals surface area contributed by atoms with Gasteiger partial charge in [0.15, 0.2) is 0 Å².